The Morgan fingerprint density at radius 3 is 2.89 bits per heavy atom. The summed E-state index contributed by atoms with van der Waals surface area (Å²) in [7, 11) is 1.63. The van der Waals surface area contributed by atoms with Gasteiger partial charge in [-0.1, -0.05) is 15.9 Å². The van der Waals surface area contributed by atoms with Gasteiger partial charge in [-0.05, 0) is 58.5 Å². The molecule has 0 radical (unpaired) electrons. The van der Waals surface area contributed by atoms with Gasteiger partial charge in [0.1, 0.15) is 5.75 Å². The molecule has 0 atom stereocenters. The van der Waals surface area contributed by atoms with Crippen LogP contribution in [0.1, 0.15) is 5.56 Å². The van der Waals surface area contributed by atoms with Crippen molar-refractivity contribution in [1.82, 2.24) is 4.57 Å². The van der Waals surface area contributed by atoms with Gasteiger partial charge < -0.3 is 9.30 Å². The molecule has 0 aliphatic rings. The van der Waals surface area contributed by atoms with E-state index in [4.69, 9.17) is 4.74 Å². The number of aromatic nitrogens is 1. The monoisotopic (exact) mass is 419 g/mol. The second kappa shape index (κ2) is 5.88. The van der Waals surface area contributed by atoms with Crippen LogP contribution >= 0.6 is 38.5 Å². The first-order valence-electron chi connectivity index (χ1n) is 5.29. The predicted molar refractivity (Wildman–Crippen MR) is 83.2 cm³/mol. The molecule has 1 aromatic heterocycles. The molecular weight excluding hydrogens is 409 g/mol. The van der Waals surface area contributed by atoms with Crippen LogP contribution in [0.15, 0.2) is 45.8 Å². The molecule has 0 saturated carbocycles. The number of nitrogens with zero attached hydrogens (tertiary/aromatic N) is 1. The topological polar surface area (TPSA) is 31.2 Å². The zero-order chi connectivity index (χ0) is 13.1. The molecule has 94 valence electrons. The highest BCUT2D eigenvalue weighted by Crippen LogP contribution is 2.23. The van der Waals surface area contributed by atoms with E-state index in [-0.39, 0.29) is 5.56 Å². The Bertz CT molecular complexity index is 625. The number of hydrogen-bond donors (Lipinski definition) is 0. The Balaban J connectivity index is 2.39. The Morgan fingerprint density at radius 1 is 1.39 bits per heavy atom. The minimum absolute atomic E-state index is 0.0211. The van der Waals surface area contributed by atoms with Gasteiger partial charge in [0.2, 0.25) is 0 Å². The molecule has 0 aliphatic carbocycles. The molecule has 2 rings (SSSR count). The van der Waals surface area contributed by atoms with E-state index >= 15 is 0 Å². The minimum atomic E-state index is 0.0211. The third-order valence-corrected chi connectivity index (χ3v) is 4.16. The van der Waals surface area contributed by atoms with E-state index in [0.717, 1.165) is 15.8 Å². The van der Waals surface area contributed by atoms with E-state index < -0.39 is 0 Å². The first kappa shape index (κ1) is 13.6. The molecule has 0 aliphatic heterocycles. The molecule has 0 N–H and O–H groups in total. The summed E-state index contributed by atoms with van der Waals surface area (Å²) in [4.78, 5) is 11.9. The average Bonchev–Trinajstić information content (AvgIpc) is 2.37. The van der Waals surface area contributed by atoms with Gasteiger partial charge in [0.25, 0.3) is 5.56 Å². The van der Waals surface area contributed by atoms with Crippen molar-refractivity contribution in [2.45, 2.75) is 6.54 Å². The maximum Gasteiger partial charge on any atom is 0.264 e. The number of methoxy groups -OCH3 is 1. The Kier molecular flexibility index (Phi) is 4.45. The van der Waals surface area contributed by atoms with E-state index in [2.05, 4.69) is 15.9 Å². The maximum absolute atomic E-state index is 11.9. The normalized spacial score (nSPS) is 10.4. The summed E-state index contributed by atoms with van der Waals surface area (Å²) in [6.45, 7) is 0.521. The third-order valence-electron chi connectivity index (χ3n) is 2.57. The van der Waals surface area contributed by atoms with Gasteiger partial charge in [-0.3, -0.25) is 4.79 Å². The lowest BCUT2D eigenvalue weighted by molar-refractivity contribution is 0.414. The van der Waals surface area contributed by atoms with Gasteiger partial charge >= 0.3 is 0 Å². The Hall–Kier alpha value is -0.820. The Morgan fingerprint density at radius 2 is 2.17 bits per heavy atom. The van der Waals surface area contributed by atoms with Gasteiger partial charge in [0.15, 0.2) is 0 Å². The SMILES string of the molecule is COc1ccc(Br)c(Cn2cccc(I)c2=O)c1. The van der Waals surface area contributed by atoms with Gasteiger partial charge in [-0.2, -0.15) is 0 Å². The summed E-state index contributed by atoms with van der Waals surface area (Å²) in [6, 6.07) is 9.41. The fraction of sp³-hybridized carbons (Fsp3) is 0.154. The number of hydrogen-bond acceptors (Lipinski definition) is 2. The lowest BCUT2D eigenvalue weighted by atomic mass is 10.2. The molecule has 0 saturated heterocycles. The van der Waals surface area contributed by atoms with Gasteiger partial charge in [-0.25, -0.2) is 0 Å². The fourth-order valence-electron chi connectivity index (χ4n) is 1.61. The molecule has 0 fully saturated rings. The second-order valence-electron chi connectivity index (χ2n) is 3.75. The van der Waals surface area contributed by atoms with Crippen molar-refractivity contribution in [3.05, 3.63) is 60.5 Å². The zero-order valence-electron chi connectivity index (χ0n) is 9.69. The van der Waals surface area contributed by atoms with E-state index in [1.54, 1.807) is 23.9 Å². The van der Waals surface area contributed by atoms with E-state index in [1.807, 2.05) is 46.9 Å². The van der Waals surface area contributed by atoms with Gasteiger partial charge in [0, 0.05) is 10.7 Å². The molecule has 18 heavy (non-hydrogen) atoms. The summed E-state index contributed by atoms with van der Waals surface area (Å²) in [6.07, 6.45) is 1.79. The standard InChI is InChI=1S/C13H11BrINO2/c1-18-10-4-5-11(14)9(7-10)8-16-6-2-3-12(15)13(16)17/h2-7H,8H2,1H3. The van der Waals surface area contributed by atoms with Crippen molar-refractivity contribution in [1.29, 1.82) is 0 Å². The average molecular weight is 420 g/mol. The fourth-order valence-corrected chi connectivity index (χ4v) is 2.50. The van der Waals surface area contributed by atoms with Crippen LogP contribution in [0.25, 0.3) is 0 Å². The largest absolute Gasteiger partial charge is 0.497 e. The van der Waals surface area contributed by atoms with Crippen molar-refractivity contribution >= 4 is 38.5 Å². The van der Waals surface area contributed by atoms with Crippen molar-refractivity contribution in [3.63, 3.8) is 0 Å². The second-order valence-corrected chi connectivity index (χ2v) is 5.76. The lowest BCUT2D eigenvalue weighted by Gasteiger charge is -2.09. The van der Waals surface area contributed by atoms with Crippen molar-refractivity contribution < 1.29 is 4.74 Å². The quantitative estimate of drug-likeness (QED) is 0.715. The number of halogens is 2. The predicted octanol–water partition coefficient (Wildman–Crippen LogP) is 3.27. The highest BCUT2D eigenvalue weighted by molar-refractivity contribution is 14.1. The molecule has 0 bridgehead atoms. The molecular formula is C13H11BrINO2. The first-order valence-corrected chi connectivity index (χ1v) is 7.16. The number of pyridine rings is 1. The third kappa shape index (κ3) is 2.95. The van der Waals surface area contributed by atoms with E-state index in [1.165, 1.54) is 0 Å². The van der Waals surface area contributed by atoms with Gasteiger partial charge in [0.05, 0.1) is 17.2 Å². The van der Waals surface area contributed by atoms with Gasteiger partial charge in [-0.15, -0.1) is 0 Å². The van der Waals surface area contributed by atoms with Crippen LogP contribution in [-0.4, -0.2) is 11.7 Å². The summed E-state index contributed by atoms with van der Waals surface area (Å²) >= 11 is 5.53. The molecule has 5 heteroatoms. The van der Waals surface area contributed by atoms with Crippen LogP contribution in [0.2, 0.25) is 0 Å². The summed E-state index contributed by atoms with van der Waals surface area (Å²) in [5.41, 5.74) is 1.03. The highest BCUT2D eigenvalue weighted by Gasteiger charge is 2.05. The zero-order valence-corrected chi connectivity index (χ0v) is 13.4. The summed E-state index contributed by atoms with van der Waals surface area (Å²) in [5, 5.41) is 0. The van der Waals surface area contributed by atoms with Crippen molar-refractivity contribution in [3.8, 4) is 5.75 Å². The minimum Gasteiger partial charge on any atom is -0.497 e. The molecule has 0 amide bonds. The Labute approximate surface area is 127 Å². The van der Waals surface area contributed by atoms with Crippen molar-refractivity contribution in [2.24, 2.45) is 0 Å². The lowest BCUT2D eigenvalue weighted by Crippen LogP contribution is -2.22. The van der Waals surface area contributed by atoms with Crippen LogP contribution < -0.4 is 10.3 Å². The summed E-state index contributed by atoms with van der Waals surface area (Å²) in [5.74, 6) is 0.784. The molecule has 1 heterocycles. The van der Waals surface area contributed by atoms with Crippen LogP contribution in [0.3, 0.4) is 0 Å². The summed E-state index contributed by atoms with van der Waals surface area (Å²) < 4.78 is 8.56. The molecule has 0 spiro atoms. The molecule has 1 aromatic carbocycles. The first-order chi connectivity index (χ1) is 8.61. The van der Waals surface area contributed by atoms with E-state index in [0.29, 0.717) is 10.1 Å². The van der Waals surface area contributed by atoms with Crippen LogP contribution in [0, 0.1) is 3.57 Å². The molecule has 2 aromatic rings. The number of ether oxygens (including phenoxy) is 1. The van der Waals surface area contributed by atoms with Crippen LogP contribution in [-0.2, 0) is 6.54 Å². The van der Waals surface area contributed by atoms with E-state index in [9.17, 15) is 4.79 Å². The number of rotatable bonds is 3. The smallest absolute Gasteiger partial charge is 0.264 e. The number of benzene rings is 1. The molecule has 3 nitrogen and oxygen atoms in total. The van der Waals surface area contributed by atoms with Crippen molar-refractivity contribution in [2.75, 3.05) is 7.11 Å². The molecule has 0 unspecified atom stereocenters. The maximum atomic E-state index is 11.9. The van der Waals surface area contributed by atoms with Crippen LogP contribution in [0.5, 0.6) is 5.75 Å². The highest BCUT2D eigenvalue weighted by atomic mass is 127. The van der Waals surface area contributed by atoms with Crippen LogP contribution in [0.4, 0.5) is 0 Å².